The molecule has 0 aliphatic carbocycles. The molecule has 0 aliphatic heterocycles. The van der Waals surface area contributed by atoms with E-state index in [0.29, 0.717) is 17.2 Å². The molecule has 1 unspecified atom stereocenters. The highest BCUT2D eigenvalue weighted by atomic mass is 32.2. The first-order valence-corrected chi connectivity index (χ1v) is 6.67. The second-order valence-electron chi connectivity index (χ2n) is 4.07. The molecule has 0 saturated heterocycles. The summed E-state index contributed by atoms with van der Waals surface area (Å²) in [5.74, 6) is 1.33. The summed E-state index contributed by atoms with van der Waals surface area (Å²) in [4.78, 5) is 12.5. The highest BCUT2D eigenvalue weighted by Gasteiger charge is 2.11. The van der Waals surface area contributed by atoms with Crippen molar-refractivity contribution in [1.29, 1.82) is 0 Å². The van der Waals surface area contributed by atoms with Crippen molar-refractivity contribution in [3.05, 3.63) is 23.8 Å². The average molecular weight is 253 g/mol. The van der Waals surface area contributed by atoms with Gasteiger partial charge in [0.2, 0.25) is 0 Å². The molecule has 0 spiro atoms. The van der Waals surface area contributed by atoms with Crippen molar-refractivity contribution in [2.24, 2.45) is 5.92 Å². The van der Waals surface area contributed by atoms with Crippen molar-refractivity contribution in [1.82, 2.24) is 0 Å². The lowest BCUT2D eigenvalue weighted by molar-refractivity contribution is 0.0601. The Labute approximate surface area is 107 Å². The lowest BCUT2D eigenvalue weighted by atomic mass is 10.2. The van der Waals surface area contributed by atoms with Gasteiger partial charge in [-0.25, -0.2) is 4.79 Å². The minimum absolute atomic E-state index is 0.381. The molecule has 3 nitrogen and oxygen atoms in total. The Balaban J connectivity index is 2.78. The number of hydrogen-bond acceptors (Lipinski definition) is 4. The van der Waals surface area contributed by atoms with Crippen LogP contribution in [0.3, 0.4) is 0 Å². The number of carbonyl (C=O) groups excluding carboxylic acids is 1. The number of ether oxygens (including phenoxy) is 1. The van der Waals surface area contributed by atoms with Crippen LogP contribution in [0.15, 0.2) is 23.1 Å². The summed E-state index contributed by atoms with van der Waals surface area (Å²) in [6.45, 7) is 4.39. The number of nitrogens with two attached hydrogens (primary N) is 1. The zero-order chi connectivity index (χ0) is 12.8. The molecule has 17 heavy (non-hydrogen) atoms. The molecule has 0 radical (unpaired) electrons. The van der Waals surface area contributed by atoms with E-state index in [4.69, 9.17) is 10.5 Å². The number of carbonyl (C=O) groups is 1. The van der Waals surface area contributed by atoms with E-state index in [0.717, 1.165) is 17.1 Å². The van der Waals surface area contributed by atoms with Crippen molar-refractivity contribution in [2.75, 3.05) is 18.6 Å². The SMILES string of the molecule is CCC(C)CSc1ccc(N)c(C(=O)OC)c1. The molecule has 0 amide bonds. The fraction of sp³-hybridized carbons (Fsp3) is 0.462. The van der Waals surface area contributed by atoms with Gasteiger partial charge < -0.3 is 10.5 Å². The zero-order valence-electron chi connectivity index (χ0n) is 10.5. The monoisotopic (exact) mass is 253 g/mol. The molecule has 0 heterocycles. The normalized spacial score (nSPS) is 12.2. The molecule has 4 heteroatoms. The van der Waals surface area contributed by atoms with Gasteiger partial charge in [-0.15, -0.1) is 11.8 Å². The third-order valence-corrected chi connectivity index (χ3v) is 3.98. The minimum Gasteiger partial charge on any atom is -0.465 e. The largest absolute Gasteiger partial charge is 0.465 e. The topological polar surface area (TPSA) is 52.3 Å². The summed E-state index contributed by atoms with van der Waals surface area (Å²) in [5.41, 5.74) is 6.65. The van der Waals surface area contributed by atoms with Gasteiger partial charge in [-0.1, -0.05) is 20.3 Å². The Kier molecular flexibility index (Phi) is 5.35. The maximum Gasteiger partial charge on any atom is 0.339 e. The summed E-state index contributed by atoms with van der Waals surface area (Å²) in [5, 5.41) is 0. The van der Waals surface area contributed by atoms with Gasteiger partial charge in [0.05, 0.1) is 12.7 Å². The second kappa shape index (κ2) is 6.55. The van der Waals surface area contributed by atoms with Gasteiger partial charge in [0, 0.05) is 16.3 Å². The highest BCUT2D eigenvalue weighted by Crippen LogP contribution is 2.25. The smallest absolute Gasteiger partial charge is 0.339 e. The molecule has 0 bridgehead atoms. The van der Waals surface area contributed by atoms with Gasteiger partial charge in [-0.05, 0) is 24.1 Å². The molecular weight excluding hydrogens is 234 g/mol. The van der Waals surface area contributed by atoms with E-state index in [1.54, 1.807) is 23.9 Å². The van der Waals surface area contributed by atoms with Crippen LogP contribution in [-0.2, 0) is 4.74 Å². The standard InChI is InChI=1S/C13H19NO2S/c1-4-9(2)8-17-10-5-6-12(14)11(7-10)13(15)16-3/h5-7,9H,4,8,14H2,1-3H3. The van der Waals surface area contributed by atoms with Gasteiger partial charge in [0.15, 0.2) is 0 Å². The van der Waals surface area contributed by atoms with E-state index < -0.39 is 0 Å². The first-order chi connectivity index (χ1) is 8.08. The van der Waals surface area contributed by atoms with Crippen LogP contribution in [0.5, 0.6) is 0 Å². The summed E-state index contributed by atoms with van der Waals surface area (Å²) in [6.07, 6.45) is 1.16. The van der Waals surface area contributed by atoms with Crippen molar-refractivity contribution in [3.63, 3.8) is 0 Å². The first-order valence-electron chi connectivity index (χ1n) is 5.69. The van der Waals surface area contributed by atoms with Crippen molar-refractivity contribution < 1.29 is 9.53 Å². The predicted molar refractivity (Wildman–Crippen MR) is 72.4 cm³/mol. The Morgan fingerprint density at radius 1 is 1.53 bits per heavy atom. The van der Waals surface area contributed by atoms with E-state index in [1.807, 2.05) is 6.07 Å². The van der Waals surface area contributed by atoms with E-state index in [1.165, 1.54) is 7.11 Å². The van der Waals surface area contributed by atoms with Crippen LogP contribution in [0.4, 0.5) is 5.69 Å². The maximum absolute atomic E-state index is 11.5. The van der Waals surface area contributed by atoms with Crippen molar-refractivity contribution in [2.45, 2.75) is 25.2 Å². The Hall–Kier alpha value is -1.16. The fourth-order valence-electron chi connectivity index (χ4n) is 1.27. The van der Waals surface area contributed by atoms with Crippen molar-refractivity contribution in [3.8, 4) is 0 Å². The van der Waals surface area contributed by atoms with Gasteiger partial charge in [-0.3, -0.25) is 0 Å². The molecule has 1 aromatic carbocycles. The van der Waals surface area contributed by atoms with E-state index >= 15 is 0 Å². The molecule has 2 N–H and O–H groups in total. The van der Waals surface area contributed by atoms with Gasteiger partial charge >= 0.3 is 5.97 Å². The van der Waals surface area contributed by atoms with Crippen LogP contribution in [0.25, 0.3) is 0 Å². The van der Waals surface area contributed by atoms with Gasteiger partial charge in [0.1, 0.15) is 0 Å². The van der Waals surface area contributed by atoms with Crippen LogP contribution < -0.4 is 5.73 Å². The Morgan fingerprint density at radius 2 is 2.24 bits per heavy atom. The minimum atomic E-state index is -0.381. The summed E-state index contributed by atoms with van der Waals surface area (Å²) in [6, 6.07) is 5.49. The number of esters is 1. The number of methoxy groups -OCH3 is 1. The summed E-state index contributed by atoms with van der Waals surface area (Å²) < 4.78 is 4.69. The molecule has 1 rings (SSSR count). The lowest BCUT2D eigenvalue weighted by Gasteiger charge is -2.09. The average Bonchev–Trinajstić information content (AvgIpc) is 2.36. The van der Waals surface area contributed by atoms with E-state index in [2.05, 4.69) is 13.8 Å². The fourth-order valence-corrected chi connectivity index (χ4v) is 2.35. The number of rotatable bonds is 5. The third-order valence-electron chi connectivity index (χ3n) is 2.66. The van der Waals surface area contributed by atoms with Gasteiger partial charge in [-0.2, -0.15) is 0 Å². The highest BCUT2D eigenvalue weighted by molar-refractivity contribution is 7.99. The number of benzene rings is 1. The van der Waals surface area contributed by atoms with Crippen LogP contribution >= 0.6 is 11.8 Å². The van der Waals surface area contributed by atoms with Gasteiger partial charge in [0.25, 0.3) is 0 Å². The molecule has 1 aromatic rings. The predicted octanol–water partition coefficient (Wildman–Crippen LogP) is 3.19. The van der Waals surface area contributed by atoms with Crippen LogP contribution in [0.1, 0.15) is 30.6 Å². The molecule has 94 valence electrons. The van der Waals surface area contributed by atoms with Crippen molar-refractivity contribution >= 4 is 23.4 Å². The second-order valence-corrected chi connectivity index (χ2v) is 5.16. The molecule has 0 aromatic heterocycles. The summed E-state index contributed by atoms with van der Waals surface area (Å²) >= 11 is 1.74. The summed E-state index contributed by atoms with van der Waals surface area (Å²) in [7, 11) is 1.36. The number of hydrogen-bond donors (Lipinski definition) is 1. The van der Waals surface area contributed by atoms with E-state index in [-0.39, 0.29) is 5.97 Å². The Bertz CT molecular complexity index is 393. The number of nitrogen functional groups attached to an aromatic ring is 1. The molecule has 0 aliphatic rings. The van der Waals surface area contributed by atoms with Crippen LogP contribution in [0.2, 0.25) is 0 Å². The third kappa shape index (κ3) is 3.97. The van der Waals surface area contributed by atoms with Crippen LogP contribution in [-0.4, -0.2) is 18.8 Å². The van der Waals surface area contributed by atoms with E-state index in [9.17, 15) is 4.79 Å². The maximum atomic E-state index is 11.5. The first kappa shape index (κ1) is 13.9. The van der Waals surface area contributed by atoms with Crippen LogP contribution in [0, 0.1) is 5.92 Å². The Morgan fingerprint density at radius 3 is 2.82 bits per heavy atom. The molecule has 0 fully saturated rings. The number of thioether (sulfide) groups is 1. The zero-order valence-corrected chi connectivity index (χ0v) is 11.3. The quantitative estimate of drug-likeness (QED) is 0.497. The molecule has 1 atom stereocenters. The lowest BCUT2D eigenvalue weighted by Crippen LogP contribution is -2.05. The molecule has 0 saturated carbocycles. The molecular formula is C13H19NO2S. The number of anilines is 1.